The van der Waals surface area contributed by atoms with Crippen LogP contribution in [0.15, 0.2) is 29.8 Å². The van der Waals surface area contributed by atoms with Gasteiger partial charge in [0.2, 0.25) is 0 Å². The Morgan fingerprint density at radius 3 is 2.91 bits per heavy atom. The van der Waals surface area contributed by atoms with E-state index in [9.17, 15) is 4.79 Å². The van der Waals surface area contributed by atoms with E-state index >= 15 is 0 Å². The lowest BCUT2D eigenvalue weighted by Gasteiger charge is -1.99. The van der Waals surface area contributed by atoms with Crippen LogP contribution in [0, 0.1) is 0 Å². The summed E-state index contributed by atoms with van der Waals surface area (Å²) in [6.45, 7) is 3.33. The van der Waals surface area contributed by atoms with Gasteiger partial charge in [-0.2, -0.15) is 0 Å². The zero-order chi connectivity index (χ0) is 8.27. The smallest absolute Gasteiger partial charge is 0.351 e. The van der Waals surface area contributed by atoms with E-state index in [1.807, 2.05) is 11.4 Å². The van der Waals surface area contributed by atoms with Gasteiger partial charge >= 0.3 is 5.97 Å². The van der Waals surface area contributed by atoms with Crippen molar-refractivity contribution in [2.45, 2.75) is 0 Å². The number of hydrogen-bond acceptors (Lipinski definition) is 3. The molecule has 0 amide bonds. The van der Waals surface area contributed by atoms with Crippen molar-refractivity contribution < 1.29 is 9.90 Å². The van der Waals surface area contributed by atoms with E-state index < -0.39 is 5.97 Å². The monoisotopic (exact) mass is 169 g/mol. The van der Waals surface area contributed by atoms with Crippen LogP contribution in [0.3, 0.4) is 0 Å². The molecule has 0 radical (unpaired) electrons. The standard InChI is InChI=1S/C7H7NO2S/c1-5(7(9)10)8-6-3-2-4-11-6/h2-4,8H,1H2,(H,9,10). The second-order valence-corrected chi connectivity index (χ2v) is 2.83. The number of carboxylic acids is 1. The summed E-state index contributed by atoms with van der Waals surface area (Å²) >= 11 is 1.43. The minimum atomic E-state index is -1.03. The molecule has 0 unspecified atom stereocenters. The number of rotatable bonds is 3. The summed E-state index contributed by atoms with van der Waals surface area (Å²) in [6, 6.07) is 3.63. The molecule has 1 heterocycles. The van der Waals surface area contributed by atoms with Crippen LogP contribution in [0.1, 0.15) is 0 Å². The Kier molecular flexibility index (Phi) is 2.28. The first-order valence-electron chi connectivity index (χ1n) is 2.93. The molecular weight excluding hydrogens is 162 g/mol. The van der Waals surface area contributed by atoms with Gasteiger partial charge in [0.25, 0.3) is 0 Å². The van der Waals surface area contributed by atoms with Gasteiger partial charge in [-0.1, -0.05) is 6.58 Å². The average molecular weight is 169 g/mol. The summed E-state index contributed by atoms with van der Waals surface area (Å²) in [7, 11) is 0. The SMILES string of the molecule is C=C(Nc1cccs1)C(=O)O. The molecule has 0 spiro atoms. The molecule has 0 fully saturated rings. The first-order valence-corrected chi connectivity index (χ1v) is 3.81. The number of aliphatic carboxylic acids is 1. The van der Waals surface area contributed by atoms with Crippen LogP contribution in [0.5, 0.6) is 0 Å². The number of thiophene rings is 1. The van der Waals surface area contributed by atoms with Gasteiger partial charge in [0.05, 0.1) is 5.00 Å². The summed E-state index contributed by atoms with van der Waals surface area (Å²) in [6.07, 6.45) is 0. The highest BCUT2D eigenvalue weighted by Gasteiger charge is 2.02. The first kappa shape index (κ1) is 7.81. The van der Waals surface area contributed by atoms with Gasteiger partial charge in [-0.3, -0.25) is 0 Å². The Bertz CT molecular complexity index is 266. The fourth-order valence-electron chi connectivity index (χ4n) is 0.552. The van der Waals surface area contributed by atoms with Gasteiger partial charge in [0.1, 0.15) is 5.70 Å². The van der Waals surface area contributed by atoms with Crippen molar-refractivity contribution >= 4 is 22.3 Å². The number of nitrogens with one attached hydrogen (secondary N) is 1. The van der Waals surface area contributed by atoms with E-state index in [4.69, 9.17) is 5.11 Å². The molecule has 4 heteroatoms. The van der Waals surface area contributed by atoms with Crippen LogP contribution in [0.2, 0.25) is 0 Å². The quantitative estimate of drug-likeness (QED) is 0.678. The number of anilines is 1. The van der Waals surface area contributed by atoms with Crippen LogP contribution in [-0.4, -0.2) is 11.1 Å². The molecule has 58 valence electrons. The van der Waals surface area contributed by atoms with Crippen molar-refractivity contribution in [3.63, 3.8) is 0 Å². The maximum atomic E-state index is 10.3. The van der Waals surface area contributed by atoms with Crippen LogP contribution in [0.25, 0.3) is 0 Å². The summed E-state index contributed by atoms with van der Waals surface area (Å²) in [4.78, 5) is 10.3. The molecule has 1 rings (SSSR count). The van der Waals surface area contributed by atoms with Crippen molar-refractivity contribution in [1.29, 1.82) is 0 Å². The lowest BCUT2D eigenvalue weighted by molar-refractivity contribution is -0.132. The Labute approximate surface area is 68.0 Å². The minimum absolute atomic E-state index is 0.00699. The highest BCUT2D eigenvalue weighted by molar-refractivity contribution is 7.14. The van der Waals surface area contributed by atoms with Gasteiger partial charge in [0.15, 0.2) is 0 Å². The molecule has 0 atom stereocenters. The fraction of sp³-hybridized carbons (Fsp3) is 0. The molecule has 0 aliphatic heterocycles. The largest absolute Gasteiger partial charge is 0.477 e. The third-order valence-electron chi connectivity index (χ3n) is 1.05. The Morgan fingerprint density at radius 2 is 2.45 bits per heavy atom. The van der Waals surface area contributed by atoms with Crippen LogP contribution < -0.4 is 5.32 Å². The van der Waals surface area contributed by atoms with Gasteiger partial charge in [-0.05, 0) is 17.5 Å². The summed E-state index contributed by atoms with van der Waals surface area (Å²) in [5.41, 5.74) is -0.00699. The molecule has 0 bridgehead atoms. The Hall–Kier alpha value is -1.29. The molecular formula is C7H7NO2S. The van der Waals surface area contributed by atoms with Crippen molar-refractivity contribution in [1.82, 2.24) is 0 Å². The topological polar surface area (TPSA) is 49.3 Å². The molecule has 1 aromatic heterocycles. The van der Waals surface area contributed by atoms with E-state index in [2.05, 4.69) is 11.9 Å². The predicted molar refractivity (Wildman–Crippen MR) is 44.7 cm³/mol. The van der Waals surface area contributed by atoms with Gasteiger partial charge < -0.3 is 10.4 Å². The molecule has 11 heavy (non-hydrogen) atoms. The zero-order valence-electron chi connectivity index (χ0n) is 5.70. The summed E-state index contributed by atoms with van der Waals surface area (Å²) < 4.78 is 0. The second kappa shape index (κ2) is 3.21. The fourth-order valence-corrected chi connectivity index (χ4v) is 1.19. The number of carbonyl (C=O) groups is 1. The van der Waals surface area contributed by atoms with Crippen LogP contribution in [-0.2, 0) is 4.79 Å². The molecule has 0 aliphatic carbocycles. The lowest BCUT2D eigenvalue weighted by Crippen LogP contribution is -2.07. The summed E-state index contributed by atoms with van der Waals surface area (Å²) in [5.74, 6) is -1.03. The number of carboxylic acid groups (broad SMARTS) is 1. The number of hydrogen-bond donors (Lipinski definition) is 2. The second-order valence-electron chi connectivity index (χ2n) is 1.89. The third kappa shape index (κ3) is 2.09. The van der Waals surface area contributed by atoms with Crippen molar-refractivity contribution in [3.05, 3.63) is 29.8 Å². The molecule has 0 saturated heterocycles. The first-order chi connectivity index (χ1) is 5.20. The van der Waals surface area contributed by atoms with Crippen molar-refractivity contribution in [3.8, 4) is 0 Å². The predicted octanol–water partition coefficient (Wildman–Crippen LogP) is 1.76. The Morgan fingerprint density at radius 1 is 1.73 bits per heavy atom. The van der Waals surface area contributed by atoms with Crippen molar-refractivity contribution in [2.24, 2.45) is 0 Å². The Balaban J connectivity index is 2.57. The maximum absolute atomic E-state index is 10.3. The van der Waals surface area contributed by atoms with Crippen molar-refractivity contribution in [2.75, 3.05) is 5.32 Å². The van der Waals surface area contributed by atoms with E-state index in [-0.39, 0.29) is 5.70 Å². The van der Waals surface area contributed by atoms with E-state index in [1.54, 1.807) is 6.07 Å². The normalized spacial score (nSPS) is 9.09. The highest BCUT2D eigenvalue weighted by Crippen LogP contribution is 2.16. The van der Waals surface area contributed by atoms with Crippen LogP contribution in [0.4, 0.5) is 5.00 Å². The van der Waals surface area contributed by atoms with Crippen LogP contribution >= 0.6 is 11.3 Å². The zero-order valence-corrected chi connectivity index (χ0v) is 6.52. The van der Waals surface area contributed by atoms with Gasteiger partial charge in [-0.15, -0.1) is 11.3 Å². The van der Waals surface area contributed by atoms with E-state index in [0.29, 0.717) is 0 Å². The average Bonchev–Trinajstić information content (AvgIpc) is 2.39. The molecule has 0 aliphatic rings. The van der Waals surface area contributed by atoms with Gasteiger partial charge in [0, 0.05) is 0 Å². The third-order valence-corrected chi connectivity index (χ3v) is 1.84. The van der Waals surface area contributed by atoms with Gasteiger partial charge in [-0.25, -0.2) is 4.79 Å². The molecule has 2 N–H and O–H groups in total. The van der Waals surface area contributed by atoms with E-state index in [0.717, 1.165) is 5.00 Å². The highest BCUT2D eigenvalue weighted by atomic mass is 32.1. The molecule has 0 aromatic carbocycles. The minimum Gasteiger partial charge on any atom is -0.477 e. The molecule has 3 nitrogen and oxygen atoms in total. The van der Waals surface area contributed by atoms with E-state index in [1.165, 1.54) is 11.3 Å². The summed E-state index contributed by atoms with van der Waals surface area (Å²) in [5, 5.41) is 13.7. The molecule has 0 saturated carbocycles. The maximum Gasteiger partial charge on any atom is 0.351 e. The lowest BCUT2D eigenvalue weighted by atomic mass is 10.5. The molecule has 1 aromatic rings.